The summed E-state index contributed by atoms with van der Waals surface area (Å²) in [5.41, 5.74) is 0.0847. The maximum atomic E-state index is 13.1. The van der Waals surface area contributed by atoms with Gasteiger partial charge in [-0.05, 0) is 12.1 Å². The first-order valence-corrected chi connectivity index (χ1v) is 6.46. The highest BCUT2D eigenvalue weighted by Crippen LogP contribution is 2.28. The SMILES string of the molecule is O=C1CC(S(=O)(=O)F)CN1c1ccc(O)c(F)c1. The van der Waals surface area contributed by atoms with E-state index in [0.717, 1.165) is 17.0 Å². The molecule has 2 rings (SSSR count). The van der Waals surface area contributed by atoms with E-state index in [-0.39, 0.29) is 12.2 Å². The number of benzene rings is 1. The summed E-state index contributed by atoms with van der Waals surface area (Å²) in [7, 11) is -4.80. The van der Waals surface area contributed by atoms with Gasteiger partial charge in [0.05, 0.1) is 0 Å². The summed E-state index contributed by atoms with van der Waals surface area (Å²) >= 11 is 0. The molecule has 0 spiro atoms. The minimum absolute atomic E-state index is 0.0847. The average molecular weight is 277 g/mol. The fraction of sp³-hybridized carbons (Fsp3) is 0.300. The molecule has 5 nitrogen and oxygen atoms in total. The Morgan fingerprint density at radius 3 is 2.56 bits per heavy atom. The van der Waals surface area contributed by atoms with Crippen LogP contribution in [0.4, 0.5) is 14.0 Å². The lowest BCUT2D eigenvalue weighted by Gasteiger charge is -2.16. The van der Waals surface area contributed by atoms with Gasteiger partial charge in [-0.3, -0.25) is 4.79 Å². The fourth-order valence-electron chi connectivity index (χ4n) is 1.78. The third kappa shape index (κ3) is 2.28. The highest BCUT2D eigenvalue weighted by Gasteiger charge is 2.39. The Labute approximate surface area is 102 Å². The van der Waals surface area contributed by atoms with Crippen LogP contribution in [-0.2, 0) is 15.0 Å². The fourth-order valence-corrected chi connectivity index (χ4v) is 2.45. The van der Waals surface area contributed by atoms with Crippen molar-refractivity contribution in [1.82, 2.24) is 0 Å². The number of phenolic OH excluding ortho intramolecular Hbond substituents is 1. The number of amides is 1. The summed E-state index contributed by atoms with van der Waals surface area (Å²) in [6.45, 7) is -0.359. The van der Waals surface area contributed by atoms with Crippen molar-refractivity contribution in [3.05, 3.63) is 24.0 Å². The Balaban J connectivity index is 2.30. The molecule has 98 valence electrons. The summed E-state index contributed by atoms with van der Waals surface area (Å²) < 4.78 is 47.3. The van der Waals surface area contributed by atoms with Gasteiger partial charge >= 0.3 is 10.2 Å². The second-order valence-electron chi connectivity index (χ2n) is 3.94. The smallest absolute Gasteiger partial charge is 0.307 e. The van der Waals surface area contributed by atoms with E-state index in [9.17, 15) is 21.5 Å². The molecule has 1 saturated heterocycles. The number of nitrogens with zero attached hydrogens (tertiary/aromatic N) is 1. The first-order valence-electron chi connectivity index (χ1n) is 5.01. The zero-order valence-electron chi connectivity index (χ0n) is 9.01. The van der Waals surface area contributed by atoms with Crippen LogP contribution in [-0.4, -0.2) is 31.2 Å². The Hall–Kier alpha value is -1.70. The van der Waals surface area contributed by atoms with E-state index in [4.69, 9.17) is 5.11 Å². The maximum absolute atomic E-state index is 13.1. The average Bonchev–Trinajstić information content (AvgIpc) is 2.64. The van der Waals surface area contributed by atoms with Gasteiger partial charge in [0.15, 0.2) is 11.6 Å². The number of rotatable bonds is 2. The lowest BCUT2D eigenvalue weighted by atomic mass is 10.2. The molecule has 1 heterocycles. The van der Waals surface area contributed by atoms with E-state index in [1.165, 1.54) is 6.07 Å². The molecule has 0 aromatic heterocycles. The molecule has 0 saturated carbocycles. The minimum atomic E-state index is -4.80. The lowest BCUT2D eigenvalue weighted by Crippen LogP contribution is -2.26. The van der Waals surface area contributed by atoms with E-state index in [1.54, 1.807) is 0 Å². The second kappa shape index (κ2) is 4.20. The van der Waals surface area contributed by atoms with Crippen molar-refractivity contribution in [3.8, 4) is 5.75 Å². The third-order valence-electron chi connectivity index (χ3n) is 2.73. The van der Waals surface area contributed by atoms with Crippen molar-refractivity contribution in [3.63, 3.8) is 0 Å². The predicted molar refractivity (Wildman–Crippen MR) is 58.9 cm³/mol. The molecule has 1 unspecified atom stereocenters. The number of aromatic hydroxyl groups is 1. The van der Waals surface area contributed by atoms with Gasteiger partial charge in [-0.15, -0.1) is 3.89 Å². The van der Waals surface area contributed by atoms with Gasteiger partial charge in [-0.1, -0.05) is 0 Å². The van der Waals surface area contributed by atoms with Gasteiger partial charge in [0.1, 0.15) is 5.25 Å². The van der Waals surface area contributed by atoms with Crippen LogP contribution in [0, 0.1) is 5.82 Å². The highest BCUT2D eigenvalue weighted by molar-refractivity contribution is 7.87. The van der Waals surface area contributed by atoms with Crippen LogP contribution in [0.5, 0.6) is 5.75 Å². The Morgan fingerprint density at radius 2 is 2.06 bits per heavy atom. The van der Waals surface area contributed by atoms with Gasteiger partial charge in [-0.2, -0.15) is 8.42 Å². The minimum Gasteiger partial charge on any atom is -0.505 e. The van der Waals surface area contributed by atoms with Crippen LogP contribution in [0.3, 0.4) is 0 Å². The molecule has 8 heteroatoms. The Bertz CT molecular complexity index is 602. The quantitative estimate of drug-likeness (QED) is 0.816. The van der Waals surface area contributed by atoms with Crippen LogP contribution >= 0.6 is 0 Å². The molecule has 1 atom stereocenters. The number of hydrogen-bond donors (Lipinski definition) is 1. The highest BCUT2D eigenvalue weighted by atomic mass is 32.3. The van der Waals surface area contributed by atoms with Crippen molar-refractivity contribution >= 4 is 21.8 Å². The van der Waals surface area contributed by atoms with Crippen molar-refractivity contribution in [2.75, 3.05) is 11.4 Å². The van der Waals surface area contributed by atoms with Crippen LogP contribution in [0.1, 0.15) is 6.42 Å². The van der Waals surface area contributed by atoms with Crippen molar-refractivity contribution < 1.29 is 26.6 Å². The molecule has 1 aromatic carbocycles. The van der Waals surface area contributed by atoms with Gasteiger partial charge in [0.2, 0.25) is 5.91 Å². The van der Waals surface area contributed by atoms with E-state index in [0.29, 0.717) is 0 Å². The topological polar surface area (TPSA) is 74.7 Å². The van der Waals surface area contributed by atoms with E-state index in [1.807, 2.05) is 0 Å². The molecule has 0 aliphatic carbocycles. The van der Waals surface area contributed by atoms with Gasteiger partial charge < -0.3 is 10.0 Å². The lowest BCUT2D eigenvalue weighted by molar-refractivity contribution is -0.117. The number of carbonyl (C=O) groups excluding carboxylic acids is 1. The Kier molecular flexibility index (Phi) is 2.97. The first-order chi connectivity index (χ1) is 8.29. The summed E-state index contributed by atoms with van der Waals surface area (Å²) in [6.07, 6.45) is -0.471. The first kappa shape index (κ1) is 12.7. The van der Waals surface area contributed by atoms with Crippen molar-refractivity contribution in [2.45, 2.75) is 11.7 Å². The van der Waals surface area contributed by atoms with E-state index in [2.05, 4.69) is 0 Å². The van der Waals surface area contributed by atoms with Gasteiger partial charge in [-0.25, -0.2) is 4.39 Å². The molecule has 1 aliphatic rings. The molecule has 0 bridgehead atoms. The molecule has 1 fully saturated rings. The molecule has 18 heavy (non-hydrogen) atoms. The number of hydrogen-bond acceptors (Lipinski definition) is 4. The molecule has 1 aromatic rings. The molecule has 1 N–H and O–H groups in total. The number of phenols is 1. The zero-order valence-corrected chi connectivity index (χ0v) is 9.82. The molecule has 1 aliphatic heterocycles. The second-order valence-corrected chi connectivity index (χ2v) is 5.56. The monoisotopic (exact) mass is 277 g/mol. The van der Waals surface area contributed by atoms with Crippen LogP contribution in [0.15, 0.2) is 18.2 Å². The van der Waals surface area contributed by atoms with Crippen LogP contribution in [0.2, 0.25) is 0 Å². The Morgan fingerprint density at radius 1 is 1.39 bits per heavy atom. The summed E-state index contributed by atoms with van der Waals surface area (Å²) in [4.78, 5) is 12.5. The zero-order chi connectivity index (χ0) is 13.5. The standard InChI is InChI=1S/C10H9F2NO4S/c11-8-3-6(1-2-9(8)14)13-5-7(4-10(13)15)18(12,16)17/h1-3,7,14H,4-5H2. The predicted octanol–water partition coefficient (Wildman–Crippen LogP) is 0.936. The van der Waals surface area contributed by atoms with Crippen LogP contribution < -0.4 is 4.90 Å². The molecule has 1 amide bonds. The summed E-state index contributed by atoms with van der Waals surface area (Å²) in [6, 6.07) is 3.18. The number of carbonyl (C=O) groups is 1. The van der Waals surface area contributed by atoms with E-state index >= 15 is 0 Å². The van der Waals surface area contributed by atoms with Crippen LogP contribution in [0.25, 0.3) is 0 Å². The molecular formula is C10H9F2NO4S. The number of halogens is 2. The van der Waals surface area contributed by atoms with Gasteiger partial charge in [0, 0.05) is 24.7 Å². The van der Waals surface area contributed by atoms with Crippen molar-refractivity contribution in [2.24, 2.45) is 0 Å². The van der Waals surface area contributed by atoms with Gasteiger partial charge in [0.25, 0.3) is 0 Å². The summed E-state index contributed by atoms with van der Waals surface area (Å²) in [5.74, 6) is -2.13. The molecule has 0 radical (unpaired) electrons. The third-order valence-corrected chi connectivity index (χ3v) is 3.84. The molecular weight excluding hydrogens is 268 g/mol. The number of anilines is 1. The van der Waals surface area contributed by atoms with E-state index < -0.39 is 39.4 Å². The largest absolute Gasteiger partial charge is 0.505 e. The van der Waals surface area contributed by atoms with Crippen molar-refractivity contribution in [1.29, 1.82) is 0 Å². The summed E-state index contributed by atoms with van der Waals surface area (Å²) in [5, 5.41) is 7.57. The normalized spacial score (nSPS) is 20.4. The maximum Gasteiger partial charge on any atom is 0.307 e.